The predicted octanol–water partition coefficient (Wildman–Crippen LogP) is 5.04. The molecule has 6 nitrogen and oxygen atoms in total. The maximum atomic E-state index is 5.98. The fraction of sp³-hybridized carbons (Fsp3) is 0.217. The summed E-state index contributed by atoms with van der Waals surface area (Å²) >= 11 is 0. The number of nitrogens with one attached hydrogen (secondary N) is 1. The number of ether oxygens (including phenoxy) is 5. The van der Waals surface area contributed by atoms with Gasteiger partial charge >= 0.3 is 0 Å². The Morgan fingerprint density at radius 2 is 1.24 bits per heavy atom. The number of anilines is 2. The van der Waals surface area contributed by atoms with Crippen molar-refractivity contribution in [3.8, 4) is 28.7 Å². The molecule has 6 heteroatoms. The molecule has 0 amide bonds. The van der Waals surface area contributed by atoms with Crippen LogP contribution >= 0.6 is 0 Å². The summed E-state index contributed by atoms with van der Waals surface area (Å²) in [5.41, 5.74) is 2.71. The molecule has 0 aliphatic heterocycles. The first-order chi connectivity index (χ1) is 14.2. The Labute approximate surface area is 170 Å². The maximum Gasteiger partial charge on any atom is 0.203 e. The minimum Gasteiger partial charge on any atom is -0.493 e. The Morgan fingerprint density at radius 1 is 0.621 bits per heavy atom. The van der Waals surface area contributed by atoms with E-state index in [0.717, 1.165) is 16.9 Å². The van der Waals surface area contributed by atoms with Crippen molar-refractivity contribution < 1.29 is 23.7 Å². The van der Waals surface area contributed by atoms with Crippen molar-refractivity contribution in [2.45, 2.75) is 6.61 Å². The van der Waals surface area contributed by atoms with E-state index in [9.17, 15) is 0 Å². The van der Waals surface area contributed by atoms with Gasteiger partial charge < -0.3 is 29.0 Å². The monoisotopic (exact) mass is 395 g/mol. The van der Waals surface area contributed by atoms with Gasteiger partial charge in [0.25, 0.3) is 0 Å². The molecule has 3 aromatic rings. The summed E-state index contributed by atoms with van der Waals surface area (Å²) in [6.07, 6.45) is 0. The molecule has 1 N–H and O–H groups in total. The van der Waals surface area contributed by atoms with Crippen molar-refractivity contribution in [2.24, 2.45) is 0 Å². The zero-order chi connectivity index (χ0) is 20.6. The molecule has 152 valence electrons. The zero-order valence-electron chi connectivity index (χ0n) is 17.0. The highest BCUT2D eigenvalue weighted by molar-refractivity contribution is 5.69. The number of hydrogen-bond acceptors (Lipinski definition) is 6. The summed E-state index contributed by atoms with van der Waals surface area (Å²) in [4.78, 5) is 0. The minimum atomic E-state index is 0.449. The van der Waals surface area contributed by atoms with Gasteiger partial charge in [-0.15, -0.1) is 0 Å². The van der Waals surface area contributed by atoms with Crippen LogP contribution in [0.4, 0.5) is 11.4 Å². The summed E-state index contributed by atoms with van der Waals surface area (Å²) in [5.74, 6) is 3.00. The summed E-state index contributed by atoms with van der Waals surface area (Å²) < 4.78 is 27.6. The van der Waals surface area contributed by atoms with Crippen molar-refractivity contribution in [3.63, 3.8) is 0 Å². The predicted molar refractivity (Wildman–Crippen MR) is 113 cm³/mol. The van der Waals surface area contributed by atoms with Crippen molar-refractivity contribution >= 4 is 11.4 Å². The van der Waals surface area contributed by atoms with Crippen molar-refractivity contribution in [3.05, 3.63) is 66.2 Å². The quantitative estimate of drug-likeness (QED) is 0.548. The first-order valence-corrected chi connectivity index (χ1v) is 9.10. The second-order valence-electron chi connectivity index (χ2n) is 6.18. The zero-order valence-corrected chi connectivity index (χ0v) is 17.0. The molecule has 0 unspecified atom stereocenters. The van der Waals surface area contributed by atoms with E-state index < -0.39 is 0 Å². The summed E-state index contributed by atoms with van der Waals surface area (Å²) in [6, 6.07) is 19.3. The first-order valence-electron chi connectivity index (χ1n) is 9.10. The van der Waals surface area contributed by atoms with Crippen molar-refractivity contribution in [1.29, 1.82) is 0 Å². The van der Waals surface area contributed by atoms with Gasteiger partial charge in [0.05, 0.1) is 28.4 Å². The van der Waals surface area contributed by atoms with E-state index in [-0.39, 0.29) is 0 Å². The molecule has 0 fully saturated rings. The lowest BCUT2D eigenvalue weighted by atomic mass is 10.2. The SMILES string of the molecule is COc1ccc(Nc2cc(OC)c(OC)c(OC)c2)cc1OCc1ccccc1. The molecule has 0 aliphatic carbocycles. The third kappa shape index (κ3) is 4.85. The average Bonchev–Trinajstić information content (AvgIpc) is 2.77. The Kier molecular flexibility index (Phi) is 6.68. The highest BCUT2D eigenvalue weighted by Crippen LogP contribution is 2.41. The molecule has 29 heavy (non-hydrogen) atoms. The fourth-order valence-electron chi connectivity index (χ4n) is 2.92. The van der Waals surface area contributed by atoms with Crippen LogP contribution in [0.25, 0.3) is 0 Å². The van der Waals surface area contributed by atoms with E-state index in [2.05, 4.69) is 5.32 Å². The van der Waals surface area contributed by atoms with Crippen LogP contribution < -0.4 is 29.0 Å². The second kappa shape index (κ2) is 9.59. The van der Waals surface area contributed by atoms with Gasteiger partial charge in [-0.3, -0.25) is 0 Å². The van der Waals surface area contributed by atoms with Gasteiger partial charge in [-0.1, -0.05) is 30.3 Å². The van der Waals surface area contributed by atoms with Crippen molar-refractivity contribution in [2.75, 3.05) is 33.8 Å². The highest BCUT2D eigenvalue weighted by Gasteiger charge is 2.14. The number of hydrogen-bond donors (Lipinski definition) is 1. The summed E-state index contributed by atoms with van der Waals surface area (Å²) in [7, 11) is 6.37. The number of methoxy groups -OCH3 is 4. The third-order valence-electron chi connectivity index (χ3n) is 4.35. The van der Waals surface area contributed by atoms with Crippen LogP contribution in [-0.2, 0) is 6.61 Å². The maximum absolute atomic E-state index is 5.98. The first kappa shape index (κ1) is 20.2. The van der Waals surface area contributed by atoms with Gasteiger partial charge in [0.15, 0.2) is 23.0 Å². The van der Waals surface area contributed by atoms with Crippen molar-refractivity contribution in [1.82, 2.24) is 0 Å². The Bertz CT molecular complexity index is 918. The number of benzene rings is 3. The minimum absolute atomic E-state index is 0.449. The lowest BCUT2D eigenvalue weighted by molar-refractivity contribution is 0.284. The van der Waals surface area contributed by atoms with E-state index in [1.54, 1.807) is 28.4 Å². The fourth-order valence-corrected chi connectivity index (χ4v) is 2.92. The van der Waals surface area contributed by atoms with Crippen LogP contribution in [0.2, 0.25) is 0 Å². The van der Waals surface area contributed by atoms with Gasteiger partial charge in [-0.05, 0) is 17.7 Å². The Balaban J connectivity index is 1.84. The largest absolute Gasteiger partial charge is 0.493 e. The third-order valence-corrected chi connectivity index (χ3v) is 4.35. The standard InChI is InChI=1S/C23H25NO5/c1-25-19-11-10-17(12-20(19)29-15-16-8-6-5-7-9-16)24-18-13-21(26-2)23(28-4)22(14-18)27-3/h5-14,24H,15H2,1-4H3. The molecule has 0 bridgehead atoms. The molecule has 0 atom stereocenters. The lowest BCUT2D eigenvalue weighted by Crippen LogP contribution is -2.00. The topological polar surface area (TPSA) is 58.2 Å². The van der Waals surface area contributed by atoms with Gasteiger partial charge in [-0.2, -0.15) is 0 Å². The smallest absolute Gasteiger partial charge is 0.203 e. The lowest BCUT2D eigenvalue weighted by Gasteiger charge is -2.16. The molecule has 0 heterocycles. The van der Waals surface area contributed by atoms with Gasteiger partial charge in [0.2, 0.25) is 5.75 Å². The Hall–Kier alpha value is -3.54. The molecule has 0 aliphatic rings. The average molecular weight is 395 g/mol. The van der Waals surface area contributed by atoms with E-state index in [4.69, 9.17) is 23.7 Å². The van der Waals surface area contributed by atoms with E-state index >= 15 is 0 Å². The molecule has 0 aromatic heterocycles. The molecule has 3 aromatic carbocycles. The number of rotatable bonds is 9. The van der Waals surface area contributed by atoms with Gasteiger partial charge in [0.1, 0.15) is 6.61 Å². The molecule has 3 rings (SSSR count). The van der Waals surface area contributed by atoms with Crippen LogP contribution in [0.3, 0.4) is 0 Å². The van der Waals surface area contributed by atoms with Gasteiger partial charge in [0, 0.05) is 29.6 Å². The Morgan fingerprint density at radius 3 is 1.83 bits per heavy atom. The van der Waals surface area contributed by atoms with Crippen LogP contribution in [0.15, 0.2) is 60.7 Å². The van der Waals surface area contributed by atoms with E-state index in [0.29, 0.717) is 35.4 Å². The van der Waals surface area contributed by atoms with E-state index in [1.165, 1.54) is 0 Å². The molecule has 0 radical (unpaired) electrons. The summed E-state index contributed by atoms with van der Waals surface area (Å²) in [6.45, 7) is 0.449. The van der Waals surface area contributed by atoms with E-state index in [1.807, 2.05) is 60.7 Å². The summed E-state index contributed by atoms with van der Waals surface area (Å²) in [5, 5.41) is 3.34. The van der Waals surface area contributed by atoms with Crippen LogP contribution in [-0.4, -0.2) is 28.4 Å². The molecular formula is C23H25NO5. The normalized spacial score (nSPS) is 10.2. The molecule has 0 spiro atoms. The van der Waals surface area contributed by atoms with Crippen LogP contribution in [0.5, 0.6) is 28.7 Å². The molecule has 0 saturated heterocycles. The van der Waals surface area contributed by atoms with Crippen LogP contribution in [0, 0.1) is 0 Å². The van der Waals surface area contributed by atoms with Gasteiger partial charge in [-0.25, -0.2) is 0 Å². The molecule has 0 saturated carbocycles. The second-order valence-corrected chi connectivity index (χ2v) is 6.18. The molecular weight excluding hydrogens is 370 g/mol. The van der Waals surface area contributed by atoms with Crippen LogP contribution in [0.1, 0.15) is 5.56 Å². The highest BCUT2D eigenvalue weighted by atomic mass is 16.5.